The highest BCUT2D eigenvalue weighted by Crippen LogP contribution is 2.30. The molecule has 0 spiro atoms. The summed E-state index contributed by atoms with van der Waals surface area (Å²) in [5.74, 6) is 0.383. The predicted molar refractivity (Wildman–Crippen MR) is 90.1 cm³/mol. The van der Waals surface area contributed by atoms with Gasteiger partial charge < -0.3 is 4.57 Å². The van der Waals surface area contributed by atoms with E-state index in [1.54, 1.807) is 6.07 Å². The number of imidazole rings is 1. The number of thiophene rings is 1. The van der Waals surface area contributed by atoms with E-state index in [0.29, 0.717) is 22.4 Å². The van der Waals surface area contributed by atoms with E-state index in [-0.39, 0.29) is 11.2 Å². The summed E-state index contributed by atoms with van der Waals surface area (Å²) in [5.41, 5.74) is 1.44. The van der Waals surface area contributed by atoms with Crippen LogP contribution in [0.25, 0.3) is 11.0 Å². The number of nitrogens with zero attached hydrogens (tertiary/aromatic N) is 2. The minimum absolute atomic E-state index is 0.269. The first-order valence-corrected chi connectivity index (χ1v) is 8.61. The summed E-state index contributed by atoms with van der Waals surface area (Å²) >= 11 is 16.9. The third-order valence-corrected chi connectivity index (χ3v) is 5.14. The summed E-state index contributed by atoms with van der Waals surface area (Å²) in [6.07, 6.45) is 0. The van der Waals surface area contributed by atoms with E-state index < -0.39 is 0 Å². The fraction of sp³-hybridized carbons (Fsp3) is 0.214. The van der Waals surface area contributed by atoms with Gasteiger partial charge in [-0.25, -0.2) is 9.37 Å². The normalized spacial score (nSPS) is 13.0. The van der Waals surface area contributed by atoms with Gasteiger partial charge in [-0.05, 0) is 41.1 Å². The van der Waals surface area contributed by atoms with Crippen LogP contribution >= 0.6 is 50.5 Å². The molecule has 1 atom stereocenters. The van der Waals surface area contributed by atoms with Gasteiger partial charge in [-0.3, -0.25) is 0 Å². The fourth-order valence-corrected chi connectivity index (χ4v) is 3.78. The first kappa shape index (κ1) is 15.3. The van der Waals surface area contributed by atoms with Crippen LogP contribution in [-0.2, 0) is 6.54 Å². The third kappa shape index (κ3) is 2.97. The predicted octanol–water partition coefficient (Wildman–Crippen LogP) is 6.00. The molecule has 3 rings (SSSR count). The molecular formula is C14H10BrCl2FN2S. The lowest BCUT2D eigenvalue weighted by Crippen LogP contribution is -2.04. The molecule has 0 aliphatic carbocycles. The van der Waals surface area contributed by atoms with Crippen molar-refractivity contribution >= 4 is 61.5 Å². The molecule has 2 nitrogen and oxygen atoms in total. The Morgan fingerprint density at radius 1 is 1.43 bits per heavy atom. The Balaban J connectivity index is 2.17. The molecular weight excluding hydrogens is 398 g/mol. The zero-order valence-corrected chi connectivity index (χ0v) is 14.8. The minimum atomic E-state index is -0.333. The fourth-order valence-electron chi connectivity index (χ4n) is 2.20. The molecule has 21 heavy (non-hydrogen) atoms. The Labute approximate surface area is 143 Å². The minimum Gasteiger partial charge on any atom is -0.321 e. The van der Waals surface area contributed by atoms with Crippen molar-refractivity contribution in [2.75, 3.05) is 0 Å². The van der Waals surface area contributed by atoms with Crippen LogP contribution in [0.15, 0.2) is 28.7 Å². The maximum Gasteiger partial charge on any atom is 0.139 e. The zero-order valence-electron chi connectivity index (χ0n) is 10.9. The number of halogens is 4. The second-order valence-corrected chi connectivity index (χ2v) is 7.94. The van der Waals surface area contributed by atoms with E-state index in [1.807, 2.05) is 23.6 Å². The Hall–Kier alpha value is -0.620. The molecule has 7 heteroatoms. The standard InChI is InChI=1S/C14H10BrCl2FN2S/c1-7(16)14-19-11-5-10(18)9(15)4-12(11)20(14)6-8-2-3-13(17)21-8/h2-5,7H,6H2,1H3. The van der Waals surface area contributed by atoms with Crippen molar-refractivity contribution in [2.24, 2.45) is 0 Å². The van der Waals surface area contributed by atoms with Crippen molar-refractivity contribution in [3.8, 4) is 0 Å². The monoisotopic (exact) mass is 406 g/mol. The van der Waals surface area contributed by atoms with Gasteiger partial charge in [-0.1, -0.05) is 11.6 Å². The summed E-state index contributed by atoms with van der Waals surface area (Å²) in [6.45, 7) is 2.46. The summed E-state index contributed by atoms with van der Waals surface area (Å²) in [4.78, 5) is 5.55. The molecule has 0 radical (unpaired) electrons. The molecule has 0 saturated heterocycles. The van der Waals surface area contributed by atoms with Crippen LogP contribution in [0, 0.1) is 5.82 Å². The Bertz CT molecular complexity index is 813. The van der Waals surface area contributed by atoms with Crippen molar-refractivity contribution < 1.29 is 4.39 Å². The Morgan fingerprint density at radius 2 is 2.19 bits per heavy atom. The maximum absolute atomic E-state index is 13.7. The zero-order chi connectivity index (χ0) is 15.1. The number of rotatable bonds is 3. The maximum atomic E-state index is 13.7. The smallest absolute Gasteiger partial charge is 0.139 e. The van der Waals surface area contributed by atoms with Crippen LogP contribution in [0.2, 0.25) is 4.34 Å². The van der Waals surface area contributed by atoms with Gasteiger partial charge in [0.2, 0.25) is 0 Å². The highest BCUT2D eigenvalue weighted by molar-refractivity contribution is 9.10. The van der Waals surface area contributed by atoms with Gasteiger partial charge in [-0.15, -0.1) is 22.9 Å². The van der Waals surface area contributed by atoms with Gasteiger partial charge in [-0.2, -0.15) is 0 Å². The van der Waals surface area contributed by atoms with Crippen molar-refractivity contribution in [3.63, 3.8) is 0 Å². The number of hydrogen-bond donors (Lipinski definition) is 0. The molecule has 0 aliphatic rings. The second-order valence-electron chi connectivity index (χ2n) is 4.63. The van der Waals surface area contributed by atoms with Crippen LogP contribution < -0.4 is 0 Å². The van der Waals surface area contributed by atoms with Crippen LogP contribution in [0.1, 0.15) is 23.0 Å². The second kappa shape index (κ2) is 5.88. The number of aromatic nitrogens is 2. The van der Waals surface area contributed by atoms with Crippen LogP contribution in [0.4, 0.5) is 4.39 Å². The first-order valence-electron chi connectivity index (χ1n) is 6.19. The van der Waals surface area contributed by atoms with Gasteiger partial charge in [0.05, 0.1) is 31.8 Å². The van der Waals surface area contributed by atoms with Crippen molar-refractivity contribution in [3.05, 3.63) is 49.6 Å². The van der Waals surface area contributed by atoms with E-state index in [9.17, 15) is 4.39 Å². The van der Waals surface area contributed by atoms with E-state index in [2.05, 4.69) is 20.9 Å². The molecule has 3 aromatic rings. The van der Waals surface area contributed by atoms with Crippen LogP contribution in [0.3, 0.4) is 0 Å². The molecule has 0 bridgehead atoms. The lowest BCUT2D eigenvalue weighted by Gasteiger charge is -2.09. The Morgan fingerprint density at radius 3 is 2.81 bits per heavy atom. The molecule has 1 aromatic carbocycles. The SMILES string of the molecule is CC(Cl)c1nc2cc(F)c(Br)cc2n1Cc1ccc(Cl)s1. The average molecular weight is 408 g/mol. The summed E-state index contributed by atoms with van der Waals surface area (Å²) in [6, 6.07) is 6.98. The lowest BCUT2D eigenvalue weighted by molar-refractivity contribution is 0.622. The summed E-state index contributed by atoms with van der Waals surface area (Å²) in [5, 5.41) is -0.269. The summed E-state index contributed by atoms with van der Waals surface area (Å²) < 4.78 is 16.8. The number of hydrogen-bond acceptors (Lipinski definition) is 2. The van der Waals surface area contributed by atoms with E-state index in [1.165, 1.54) is 17.4 Å². The number of alkyl halides is 1. The molecule has 0 N–H and O–H groups in total. The Kier molecular flexibility index (Phi) is 4.28. The van der Waals surface area contributed by atoms with Crippen molar-refractivity contribution in [1.82, 2.24) is 9.55 Å². The molecule has 0 fully saturated rings. The van der Waals surface area contributed by atoms with Gasteiger partial charge in [0.1, 0.15) is 11.6 Å². The largest absolute Gasteiger partial charge is 0.321 e. The van der Waals surface area contributed by atoms with E-state index >= 15 is 0 Å². The van der Waals surface area contributed by atoms with Gasteiger partial charge >= 0.3 is 0 Å². The quantitative estimate of drug-likeness (QED) is 0.486. The highest BCUT2D eigenvalue weighted by atomic mass is 79.9. The van der Waals surface area contributed by atoms with Gasteiger partial charge in [0, 0.05) is 10.9 Å². The van der Waals surface area contributed by atoms with Gasteiger partial charge in [0.15, 0.2) is 0 Å². The van der Waals surface area contributed by atoms with Crippen LogP contribution in [0.5, 0.6) is 0 Å². The molecule has 0 saturated carbocycles. The topological polar surface area (TPSA) is 17.8 Å². The highest BCUT2D eigenvalue weighted by Gasteiger charge is 2.17. The van der Waals surface area contributed by atoms with Crippen molar-refractivity contribution in [2.45, 2.75) is 18.8 Å². The molecule has 0 amide bonds. The van der Waals surface area contributed by atoms with Crippen molar-refractivity contribution in [1.29, 1.82) is 0 Å². The third-order valence-electron chi connectivity index (χ3n) is 3.12. The molecule has 1 unspecified atom stereocenters. The average Bonchev–Trinajstić information content (AvgIpc) is 2.96. The number of benzene rings is 1. The first-order chi connectivity index (χ1) is 9.95. The summed E-state index contributed by atoms with van der Waals surface area (Å²) in [7, 11) is 0. The number of fused-ring (bicyclic) bond motifs is 1. The molecule has 0 aliphatic heterocycles. The molecule has 2 aromatic heterocycles. The van der Waals surface area contributed by atoms with E-state index in [0.717, 1.165) is 14.7 Å². The van der Waals surface area contributed by atoms with Crippen LogP contribution in [-0.4, -0.2) is 9.55 Å². The molecule has 110 valence electrons. The van der Waals surface area contributed by atoms with E-state index in [4.69, 9.17) is 23.2 Å². The molecule has 2 heterocycles. The lowest BCUT2D eigenvalue weighted by atomic mass is 10.3. The van der Waals surface area contributed by atoms with Gasteiger partial charge in [0.25, 0.3) is 0 Å².